The van der Waals surface area contributed by atoms with E-state index in [-0.39, 0.29) is 22.9 Å². The molecule has 0 spiro atoms. The zero-order chi connectivity index (χ0) is 28.8. The van der Waals surface area contributed by atoms with Crippen molar-refractivity contribution in [3.8, 4) is 23.0 Å². The van der Waals surface area contributed by atoms with Crippen LogP contribution in [0.15, 0.2) is 97.1 Å². The van der Waals surface area contributed by atoms with Gasteiger partial charge in [0, 0.05) is 0 Å². The Kier molecular flexibility index (Phi) is 7.19. The second-order valence-electron chi connectivity index (χ2n) is 8.88. The van der Waals surface area contributed by atoms with Crippen LogP contribution in [0.1, 0.15) is 0 Å². The molecule has 8 nitrogen and oxygen atoms in total. The number of halogens is 4. The molecule has 0 amide bonds. The molecule has 4 N–H and O–H groups in total. The molecule has 0 saturated carbocycles. The van der Waals surface area contributed by atoms with Crippen LogP contribution in [0, 0.1) is 0 Å². The first-order valence-electron chi connectivity index (χ1n) is 11.8. The summed E-state index contributed by atoms with van der Waals surface area (Å²) in [5, 5.41) is 27.8. The van der Waals surface area contributed by atoms with E-state index in [1.54, 1.807) is 99.1 Å². The van der Waals surface area contributed by atoms with Gasteiger partial charge in [0.05, 0.1) is 0 Å². The Labute approximate surface area is 251 Å². The normalized spacial score (nSPS) is 19.9. The van der Waals surface area contributed by atoms with Crippen molar-refractivity contribution < 1.29 is 19.7 Å². The van der Waals surface area contributed by atoms with Crippen molar-refractivity contribution in [1.29, 1.82) is 0 Å². The van der Waals surface area contributed by atoms with Gasteiger partial charge in [-0.3, -0.25) is 0 Å². The van der Waals surface area contributed by atoms with Gasteiger partial charge in [-0.05, 0) is 0 Å². The molecule has 0 unspecified atom stereocenters. The van der Waals surface area contributed by atoms with Gasteiger partial charge in [0.1, 0.15) is 0 Å². The molecule has 0 bridgehead atoms. The van der Waals surface area contributed by atoms with Crippen LogP contribution < -0.4 is 28.5 Å². The number of para-hydroxylation sites is 4. The molecule has 1 saturated heterocycles. The summed E-state index contributed by atoms with van der Waals surface area (Å²) in [5.74, 6) is -8.37. The van der Waals surface area contributed by atoms with Crippen molar-refractivity contribution in [2.75, 3.05) is 33.3 Å². The van der Waals surface area contributed by atoms with Crippen molar-refractivity contribution in [1.82, 2.24) is 0 Å². The van der Waals surface area contributed by atoms with Crippen LogP contribution in [0.25, 0.3) is 0 Å². The summed E-state index contributed by atoms with van der Waals surface area (Å²) in [6.45, 7) is 0. The van der Waals surface area contributed by atoms with Crippen LogP contribution in [-0.2, 0) is 0 Å². The molecule has 1 aliphatic heterocycles. The van der Waals surface area contributed by atoms with Crippen LogP contribution in [0.2, 0.25) is 0 Å². The number of nitrogens with zero attached hydrogens (tertiary/aromatic N) is 2. The number of methoxy groups -OCH3 is 2. The Hall–Kier alpha value is -2.70. The van der Waals surface area contributed by atoms with Gasteiger partial charge in [0.2, 0.25) is 0 Å². The topological polar surface area (TPSA) is 89.5 Å². The van der Waals surface area contributed by atoms with Gasteiger partial charge in [-0.1, -0.05) is 0 Å². The number of nitrogens with one attached hydrogen (secondary N) is 2. The van der Waals surface area contributed by atoms with Gasteiger partial charge in [-0.2, -0.15) is 0 Å². The van der Waals surface area contributed by atoms with Crippen LogP contribution >= 0.6 is 56.5 Å². The standard InChI is InChI=1S/C26H26Cl4N4O4P2/c1-37-21-15-11-19(12-16-21)33-39(27,28,31-23-7-3-5-9-25(23)35)34(20-13-17-22(38-2)18-14-20)40(33,29,30)32-24-8-4-6-10-26(24)36/h3-18,31-32,35-36H,1-2H3. The number of hydrogen-bond acceptors (Lipinski definition) is 8. The van der Waals surface area contributed by atoms with Crippen molar-refractivity contribution in [2.45, 2.75) is 0 Å². The predicted molar refractivity (Wildman–Crippen MR) is 172 cm³/mol. The van der Waals surface area contributed by atoms with Gasteiger partial charge < -0.3 is 0 Å². The van der Waals surface area contributed by atoms with Crippen molar-refractivity contribution in [3.05, 3.63) is 97.1 Å². The minimum atomic E-state index is -4.69. The molecule has 1 heterocycles. The summed E-state index contributed by atoms with van der Waals surface area (Å²) in [6.07, 6.45) is 0. The van der Waals surface area contributed by atoms with Crippen molar-refractivity contribution in [3.63, 3.8) is 0 Å². The van der Waals surface area contributed by atoms with E-state index in [4.69, 9.17) is 54.4 Å². The fraction of sp³-hybridized carbons (Fsp3) is 0.0769. The Bertz CT molecular complexity index is 1430. The number of phenols is 2. The molecule has 5 rings (SSSR count). The third kappa shape index (κ3) is 4.57. The van der Waals surface area contributed by atoms with Crippen LogP contribution in [-0.4, -0.2) is 24.4 Å². The quantitative estimate of drug-likeness (QED) is 0.110. The minimum absolute atomic E-state index is 0.0813. The van der Waals surface area contributed by atoms with E-state index in [2.05, 4.69) is 10.2 Å². The molecule has 40 heavy (non-hydrogen) atoms. The Morgan fingerprint density at radius 3 is 1.18 bits per heavy atom. The molecule has 0 aliphatic carbocycles. The zero-order valence-corrected chi connectivity index (χ0v) is 26.1. The fourth-order valence-electron chi connectivity index (χ4n) is 4.59. The zero-order valence-electron chi connectivity index (χ0n) is 21.2. The number of ether oxygens (including phenoxy) is 2. The monoisotopic (exact) mass is 660 g/mol. The first-order valence-corrected chi connectivity index (χ1v) is 19.7. The summed E-state index contributed by atoms with van der Waals surface area (Å²) in [5.41, 5.74) is 1.44. The number of rotatable bonds is 8. The molecule has 14 heteroatoms. The Balaban J connectivity index is 1.79. The van der Waals surface area contributed by atoms with Gasteiger partial charge in [-0.25, -0.2) is 0 Å². The molecule has 0 atom stereocenters. The molecular weight excluding hydrogens is 636 g/mol. The number of hydrogen-bond donors (Lipinski definition) is 4. The average Bonchev–Trinajstić information content (AvgIpc) is 2.91. The first-order chi connectivity index (χ1) is 18.9. The van der Waals surface area contributed by atoms with E-state index < -0.39 is 11.5 Å². The number of anilines is 4. The summed E-state index contributed by atoms with van der Waals surface area (Å²) in [7, 11) is 3.10. The van der Waals surface area contributed by atoms with Crippen LogP contribution in [0.5, 0.6) is 23.0 Å². The molecule has 0 aromatic heterocycles. The van der Waals surface area contributed by atoms with Gasteiger partial charge in [0.15, 0.2) is 0 Å². The maximum absolute atomic E-state index is 10.7. The summed E-state index contributed by atoms with van der Waals surface area (Å²) >= 11 is 30.5. The molecule has 4 aromatic carbocycles. The van der Waals surface area contributed by atoms with E-state index in [1.165, 1.54) is 21.0 Å². The number of benzene rings is 4. The molecule has 1 aliphatic rings. The molecule has 0 radical (unpaired) electrons. The van der Waals surface area contributed by atoms with E-state index in [9.17, 15) is 10.2 Å². The van der Waals surface area contributed by atoms with E-state index >= 15 is 0 Å². The SMILES string of the molecule is COc1ccc(N2P(Cl)(Cl)(Nc3ccccc3O)N(c3ccc(OC)cc3)P2(Cl)(Cl)Nc2ccccc2O)cc1. The van der Waals surface area contributed by atoms with Crippen molar-refractivity contribution in [2.24, 2.45) is 0 Å². The Morgan fingerprint density at radius 1 is 0.550 bits per heavy atom. The third-order valence-electron chi connectivity index (χ3n) is 6.32. The molecule has 1 fully saturated rings. The summed E-state index contributed by atoms with van der Waals surface area (Å²) < 4.78 is 13.7. The van der Waals surface area contributed by atoms with Crippen molar-refractivity contribution >= 4 is 79.2 Å². The first kappa shape index (κ1) is 28.8. The molecular formula is C26H26Cl4N4O4P2. The molecule has 212 valence electrons. The second kappa shape index (κ2) is 9.99. The third-order valence-corrected chi connectivity index (χ3v) is 22.4. The predicted octanol–water partition coefficient (Wildman–Crippen LogP) is 9.88. The van der Waals surface area contributed by atoms with Gasteiger partial charge in [0.25, 0.3) is 0 Å². The summed E-state index contributed by atoms with van der Waals surface area (Å²) in [6, 6.07) is 26.9. The van der Waals surface area contributed by atoms with Crippen LogP contribution in [0.3, 0.4) is 0 Å². The van der Waals surface area contributed by atoms with Gasteiger partial charge in [-0.15, -0.1) is 0 Å². The number of phenolic OH excluding ortho intramolecular Hbond substituents is 2. The second-order valence-corrected chi connectivity index (χ2v) is 23.6. The fourth-order valence-corrected chi connectivity index (χ4v) is 28.9. The molecule has 4 aromatic rings. The van der Waals surface area contributed by atoms with E-state index in [0.29, 0.717) is 22.9 Å². The van der Waals surface area contributed by atoms with Gasteiger partial charge >= 0.3 is 252 Å². The average molecular weight is 662 g/mol. The van der Waals surface area contributed by atoms with E-state index in [0.717, 1.165) is 0 Å². The summed E-state index contributed by atoms with van der Waals surface area (Å²) in [4.78, 5) is 0. The van der Waals surface area contributed by atoms with Crippen LogP contribution in [0.4, 0.5) is 22.7 Å². The number of aromatic hydroxyl groups is 2. The maximum atomic E-state index is 10.7. The Morgan fingerprint density at radius 2 is 0.875 bits per heavy atom. The van der Waals surface area contributed by atoms with E-state index in [1.807, 2.05) is 0 Å².